The van der Waals surface area contributed by atoms with Gasteiger partial charge in [0.15, 0.2) is 0 Å². The largest absolute Gasteiger partial charge is 0.399 e. The van der Waals surface area contributed by atoms with Crippen LogP contribution in [0.1, 0.15) is 6.42 Å². The van der Waals surface area contributed by atoms with Gasteiger partial charge in [-0.15, -0.1) is 0 Å². The summed E-state index contributed by atoms with van der Waals surface area (Å²) in [7, 11) is -4.43. The summed E-state index contributed by atoms with van der Waals surface area (Å²) in [6.45, 7) is 0. The zero-order chi connectivity index (χ0) is 15.2. The van der Waals surface area contributed by atoms with Crippen LogP contribution in [0.3, 0.4) is 0 Å². The Morgan fingerprint density at radius 2 is 2.05 bits per heavy atom. The quantitative estimate of drug-likeness (QED) is 0.707. The van der Waals surface area contributed by atoms with Gasteiger partial charge in [0.25, 0.3) is 0 Å². The van der Waals surface area contributed by atoms with E-state index in [1.54, 1.807) is 24.3 Å². The number of rotatable bonds is 7. The van der Waals surface area contributed by atoms with Gasteiger partial charge in [0.05, 0.1) is 5.75 Å². The molecule has 1 amide bonds. The lowest BCUT2D eigenvalue weighted by Crippen LogP contribution is -2.18. The summed E-state index contributed by atoms with van der Waals surface area (Å²) in [5, 5.41) is 2.64. The van der Waals surface area contributed by atoms with Gasteiger partial charge in [0, 0.05) is 46.4 Å². The number of anilines is 2. The second kappa shape index (κ2) is 7.39. The SMILES string of the molecule is CS(=O)(=O)CCS(=O)CCC(=O)Nc1cccc(N)c1. The molecule has 112 valence electrons. The van der Waals surface area contributed by atoms with E-state index < -0.39 is 20.6 Å². The molecule has 8 heteroatoms. The topological polar surface area (TPSA) is 106 Å². The molecule has 0 saturated carbocycles. The second-order valence-electron chi connectivity index (χ2n) is 4.40. The summed E-state index contributed by atoms with van der Waals surface area (Å²) in [6, 6.07) is 6.75. The Morgan fingerprint density at radius 1 is 1.35 bits per heavy atom. The van der Waals surface area contributed by atoms with Crippen molar-refractivity contribution >= 4 is 37.9 Å². The van der Waals surface area contributed by atoms with E-state index in [-0.39, 0.29) is 29.6 Å². The van der Waals surface area contributed by atoms with Crippen LogP contribution in [0, 0.1) is 0 Å². The standard InChI is InChI=1S/C12H18N2O4S2/c1-20(17,18)8-7-19(16)6-5-12(15)14-11-4-2-3-10(13)9-11/h2-4,9H,5-8,13H2,1H3,(H,14,15). The highest BCUT2D eigenvalue weighted by Crippen LogP contribution is 2.11. The van der Waals surface area contributed by atoms with Crippen molar-refractivity contribution in [3.63, 3.8) is 0 Å². The molecule has 0 aliphatic heterocycles. The van der Waals surface area contributed by atoms with Crippen LogP contribution < -0.4 is 11.1 Å². The van der Waals surface area contributed by atoms with Crippen molar-refractivity contribution in [2.45, 2.75) is 6.42 Å². The van der Waals surface area contributed by atoms with E-state index in [1.165, 1.54) is 0 Å². The van der Waals surface area contributed by atoms with Gasteiger partial charge < -0.3 is 11.1 Å². The number of nitrogen functional groups attached to an aromatic ring is 1. The fraction of sp³-hybridized carbons (Fsp3) is 0.417. The average molecular weight is 318 g/mol. The van der Waals surface area contributed by atoms with Crippen molar-refractivity contribution in [1.82, 2.24) is 0 Å². The van der Waals surface area contributed by atoms with Crippen molar-refractivity contribution in [2.75, 3.05) is 34.6 Å². The molecule has 1 atom stereocenters. The number of carbonyl (C=O) groups is 1. The molecule has 0 aliphatic carbocycles. The van der Waals surface area contributed by atoms with Gasteiger partial charge in [0.2, 0.25) is 5.91 Å². The molecule has 1 unspecified atom stereocenters. The van der Waals surface area contributed by atoms with Gasteiger partial charge in [-0.25, -0.2) is 8.42 Å². The Balaban J connectivity index is 2.35. The number of hydrogen-bond donors (Lipinski definition) is 2. The maximum Gasteiger partial charge on any atom is 0.225 e. The zero-order valence-corrected chi connectivity index (χ0v) is 12.8. The molecule has 6 nitrogen and oxygen atoms in total. The monoisotopic (exact) mass is 318 g/mol. The molecule has 0 spiro atoms. The van der Waals surface area contributed by atoms with Crippen molar-refractivity contribution in [1.29, 1.82) is 0 Å². The molecule has 3 N–H and O–H groups in total. The molecule has 0 aliphatic rings. The maximum atomic E-state index is 11.6. The van der Waals surface area contributed by atoms with Crippen LogP contribution in [-0.2, 0) is 25.4 Å². The van der Waals surface area contributed by atoms with E-state index in [4.69, 9.17) is 5.73 Å². The van der Waals surface area contributed by atoms with Crippen molar-refractivity contribution in [3.05, 3.63) is 24.3 Å². The van der Waals surface area contributed by atoms with E-state index in [0.29, 0.717) is 11.4 Å². The van der Waals surface area contributed by atoms with Gasteiger partial charge >= 0.3 is 0 Å². The molecule has 0 radical (unpaired) electrons. The van der Waals surface area contributed by atoms with E-state index >= 15 is 0 Å². The van der Waals surface area contributed by atoms with Gasteiger partial charge in [-0.2, -0.15) is 0 Å². The molecule has 0 fully saturated rings. The highest BCUT2D eigenvalue weighted by atomic mass is 32.2. The summed E-state index contributed by atoms with van der Waals surface area (Å²) >= 11 is 0. The van der Waals surface area contributed by atoms with Crippen LogP contribution in [0.25, 0.3) is 0 Å². The molecular weight excluding hydrogens is 300 g/mol. The number of nitrogens with two attached hydrogens (primary N) is 1. The van der Waals surface area contributed by atoms with E-state index in [2.05, 4.69) is 5.32 Å². The van der Waals surface area contributed by atoms with Crippen molar-refractivity contribution in [3.8, 4) is 0 Å². The van der Waals surface area contributed by atoms with Gasteiger partial charge in [-0.3, -0.25) is 9.00 Å². The fourth-order valence-electron chi connectivity index (χ4n) is 1.39. The third kappa shape index (κ3) is 7.25. The lowest BCUT2D eigenvalue weighted by Gasteiger charge is -2.06. The highest BCUT2D eigenvalue weighted by molar-refractivity contribution is 7.92. The highest BCUT2D eigenvalue weighted by Gasteiger charge is 2.09. The molecule has 0 bridgehead atoms. The van der Waals surface area contributed by atoms with Crippen molar-refractivity contribution in [2.24, 2.45) is 0 Å². The minimum atomic E-state index is -3.12. The first-order chi connectivity index (χ1) is 9.26. The number of sulfone groups is 1. The smallest absolute Gasteiger partial charge is 0.225 e. The lowest BCUT2D eigenvalue weighted by atomic mass is 10.3. The number of benzene rings is 1. The first-order valence-corrected chi connectivity index (χ1v) is 9.49. The molecule has 0 saturated heterocycles. The Labute approximate surface area is 121 Å². The van der Waals surface area contributed by atoms with E-state index in [1.807, 2.05) is 0 Å². The Hall–Kier alpha value is -1.41. The Kier molecular flexibility index (Phi) is 6.15. The number of carbonyl (C=O) groups excluding carboxylic acids is 1. The van der Waals surface area contributed by atoms with Crippen LogP contribution in [0.2, 0.25) is 0 Å². The predicted octanol–water partition coefficient (Wildman–Crippen LogP) is 0.391. The molecule has 1 aromatic rings. The lowest BCUT2D eigenvalue weighted by molar-refractivity contribution is -0.115. The third-order valence-electron chi connectivity index (χ3n) is 2.41. The number of nitrogens with one attached hydrogen (secondary N) is 1. The first-order valence-electron chi connectivity index (χ1n) is 5.94. The first kappa shape index (κ1) is 16.6. The molecule has 1 rings (SSSR count). The predicted molar refractivity (Wildman–Crippen MR) is 81.7 cm³/mol. The van der Waals surface area contributed by atoms with E-state index in [0.717, 1.165) is 6.26 Å². The maximum absolute atomic E-state index is 11.6. The zero-order valence-electron chi connectivity index (χ0n) is 11.2. The summed E-state index contributed by atoms with van der Waals surface area (Å²) in [6.07, 6.45) is 1.17. The van der Waals surface area contributed by atoms with Crippen molar-refractivity contribution < 1.29 is 17.4 Å². The molecule has 0 aromatic heterocycles. The van der Waals surface area contributed by atoms with Crippen LogP contribution in [0.5, 0.6) is 0 Å². The van der Waals surface area contributed by atoms with Crippen LogP contribution in [-0.4, -0.2) is 42.0 Å². The summed E-state index contributed by atoms with van der Waals surface area (Å²) in [4.78, 5) is 11.6. The van der Waals surface area contributed by atoms with Gasteiger partial charge in [0.1, 0.15) is 9.84 Å². The van der Waals surface area contributed by atoms with Crippen LogP contribution >= 0.6 is 0 Å². The fourth-order valence-corrected chi connectivity index (χ4v) is 3.96. The Morgan fingerprint density at radius 3 is 2.65 bits per heavy atom. The Bertz CT molecular complexity index is 599. The van der Waals surface area contributed by atoms with Gasteiger partial charge in [-0.1, -0.05) is 6.07 Å². The second-order valence-corrected chi connectivity index (χ2v) is 8.36. The summed E-state index contributed by atoms with van der Waals surface area (Å²) in [5.41, 5.74) is 6.70. The van der Waals surface area contributed by atoms with Gasteiger partial charge in [-0.05, 0) is 18.2 Å². The normalized spacial score (nSPS) is 12.8. The average Bonchev–Trinajstić information content (AvgIpc) is 2.33. The van der Waals surface area contributed by atoms with E-state index in [9.17, 15) is 17.4 Å². The number of hydrogen-bond acceptors (Lipinski definition) is 5. The molecular formula is C12H18N2O4S2. The molecule has 1 aromatic carbocycles. The van der Waals surface area contributed by atoms with Crippen LogP contribution in [0.4, 0.5) is 11.4 Å². The molecule has 0 heterocycles. The number of amides is 1. The van der Waals surface area contributed by atoms with Crippen LogP contribution in [0.15, 0.2) is 24.3 Å². The minimum Gasteiger partial charge on any atom is -0.399 e. The third-order valence-corrected chi connectivity index (χ3v) is 4.93. The summed E-state index contributed by atoms with van der Waals surface area (Å²) in [5.74, 6) is -0.201. The molecule has 20 heavy (non-hydrogen) atoms. The minimum absolute atomic E-state index is 0.0599. The summed E-state index contributed by atoms with van der Waals surface area (Å²) < 4.78 is 33.4.